The van der Waals surface area contributed by atoms with Gasteiger partial charge in [-0.3, -0.25) is 4.57 Å². The molecule has 0 N–H and O–H groups in total. The Morgan fingerprint density at radius 1 is 1.20 bits per heavy atom. The zero-order chi connectivity index (χ0) is 21.9. The van der Waals surface area contributed by atoms with E-state index in [2.05, 4.69) is 55.4 Å². The van der Waals surface area contributed by atoms with E-state index < -0.39 is 20.3 Å². The third-order valence-corrected chi connectivity index (χ3v) is 10.9. The second-order valence-electron chi connectivity index (χ2n) is 9.99. The molecule has 0 aliphatic carbocycles. The molecule has 4 heterocycles. The summed E-state index contributed by atoms with van der Waals surface area (Å²) in [6.07, 6.45) is 3.74. The summed E-state index contributed by atoms with van der Waals surface area (Å²) >= 11 is 0. The summed E-state index contributed by atoms with van der Waals surface area (Å²) in [5, 5.41) is 0.120. The molecule has 0 saturated carbocycles. The number of rotatable bonds is 5. The monoisotopic (exact) mass is 432 g/mol. The fourth-order valence-corrected chi connectivity index (χ4v) is 4.74. The highest BCUT2D eigenvalue weighted by Gasteiger charge is 2.56. The first kappa shape index (κ1) is 21.6. The van der Waals surface area contributed by atoms with E-state index in [4.69, 9.17) is 18.6 Å². The first-order chi connectivity index (χ1) is 13.9. The molecule has 164 valence electrons. The Bertz CT molecular complexity index is 952. The topological polar surface area (TPSA) is 80.5 Å². The van der Waals surface area contributed by atoms with Crippen molar-refractivity contribution in [3.05, 3.63) is 24.9 Å². The molecule has 2 aliphatic rings. The van der Waals surface area contributed by atoms with Crippen molar-refractivity contribution in [2.75, 3.05) is 6.61 Å². The van der Waals surface area contributed by atoms with Gasteiger partial charge in [0.05, 0.1) is 18.6 Å². The maximum Gasteiger partial charge on any atom is 0.192 e. The van der Waals surface area contributed by atoms with E-state index in [-0.39, 0.29) is 23.4 Å². The van der Waals surface area contributed by atoms with Crippen LogP contribution >= 0.6 is 0 Å². The molecule has 4 rings (SSSR count). The van der Waals surface area contributed by atoms with Crippen LogP contribution in [0.5, 0.6) is 0 Å². The van der Waals surface area contributed by atoms with Crippen LogP contribution in [0.25, 0.3) is 17.2 Å². The molecule has 9 heteroatoms. The van der Waals surface area contributed by atoms with Gasteiger partial charge < -0.3 is 18.6 Å². The molecule has 4 atom stereocenters. The lowest BCUT2D eigenvalue weighted by molar-refractivity contribution is -0.199. The van der Waals surface area contributed by atoms with E-state index in [1.54, 1.807) is 12.4 Å². The van der Waals surface area contributed by atoms with Gasteiger partial charge in [-0.25, -0.2) is 15.0 Å². The zero-order valence-corrected chi connectivity index (χ0v) is 19.9. The number of hydrogen-bond acceptors (Lipinski definition) is 7. The van der Waals surface area contributed by atoms with Crippen molar-refractivity contribution in [3.63, 3.8) is 0 Å². The quantitative estimate of drug-likeness (QED) is 0.663. The van der Waals surface area contributed by atoms with Crippen molar-refractivity contribution in [3.8, 4) is 0 Å². The van der Waals surface area contributed by atoms with Gasteiger partial charge in [0.1, 0.15) is 30.2 Å². The minimum atomic E-state index is -1.92. The van der Waals surface area contributed by atoms with Crippen molar-refractivity contribution in [2.24, 2.45) is 0 Å². The second kappa shape index (κ2) is 7.20. The number of imidazole rings is 1. The van der Waals surface area contributed by atoms with Crippen molar-refractivity contribution in [1.29, 1.82) is 0 Å². The zero-order valence-electron chi connectivity index (χ0n) is 18.9. The number of ether oxygens (including phenoxy) is 3. The van der Waals surface area contributed by atoms with Gasteiger partial charge in [-0.1, -0.05) is 27.4 Å². The Labute approximate surface area is 178 Å². The van der Waals surface area contributed by atoms with Gasteiger partial charge >= 0.3 is 0 Å². The van der Waals surface area contributed by atoms with E-state index in [1.165, 1.54) is 6.33 Å². The van der Waals surface area contributed by atoms with Gasteiger partial charge in [-0.15, -0.1) is 0 Å². The first-order valence-corrected chi connectivity index (χ1v) is 13.3. The predicted molar refractivity (Wildman–Crippen MR) is 116 cm³/mol. The molecule has 0 spiro atoms. The Morgan fingerprint density at radius 2 is 1.90 bits per heavy atom. The molecule has 0 radical (unpaired) electrons. The Kier molecular flexibility index (Phi) is 5.18. The van der Waals surface area contributed by atoms with E-state index >= 15 is 0 Å². The molecule has 2 saturated heterocycles. The van der Waals surface area contributed by atoms with E-state index in [9.17, 15) is 0 Å². The lowest BCUT2D eigenvalue weighted by Crippen LogP contribution is -2.44. The van der Waals surface area contributed by atoms with Crippen LogP contribution in [0.1, 0.15) is 46.5 Å². The minimum Gasteiger partial charge on any atom is -0.414 e. The van der Waals surface area contributed by atoms with E-state index in [0.717, 1.165) is 0 Å². The maximum absolute atomic E-state index is 6.46. The van der Waals surface area contributed by atoms with Gasteiger partial charge in [0.25, 0.3) is 0 Å². The lowest BCUT2D eigenvalue weighted by atomic mass is 10.1. The van der Waals surface area contributed by atoms with Crippen LogP contribution in [0, 0.1) is 0 Å². The van der Waals surface area contributed by atoms with Gasteiger partial charge in [0.15, 0.2) is 26.0 Å². The summed E-state index contributed by atoms with van der Waals surface area (Å²) in [6, 6.07) is 0. The number of hydrogen-bond donors (Lipinski definition) is 0. The highest BCUT2D eigenvalue weighted by molar-refractivity contribution is 6.74. The largest absolute Gasteiger partial charge is 0.414 e. The molecular weight excluding hydrogens is 400 g/mol. The van der Waals surface area contributed by atoms with Crippen LogP contribution in [0.4, 0.5) is 0 Å². The molecule has 0 aromatic carbocycles. The third-order valence-electron chi connectivity index (χ3n) is 6.39. The summed E-state index contributed by atoms with van der Waals surface area (Å²) in [5.74, 6) is -0.690. The molecular formula is C21H32N4O4Si. The van der Waals surface area contributed by atoms with Crippen LogP contribution in [0.15, 0.2) is 19.2 Å². The maximum atomic E-state index is 6.46. The van der Waals surface area contributed by atoms with Crippen LogP contribution < -0.4 is 0 Å². The normalized spacial score (nSPS) is 28.8. The van der Waals surface area contributed by atoms with Gasteiger partial charge in [-0.2, -0.15) is 0 Å². The Hall–Kier alpha value is -1.65. The summed E-state index contributed by atoms with van der Waals surface area (Å²) in [6.45, 7) is 19.3. The molecule has 2 fully saturated rings. The number of nitrogens with zero attached hydrogens (tertiary/aromatic N) is 4. The number of aromatic nitrogens is 4. The average molecular weight is 433 g/mol. The highest BCUT2D eigenvalue weighted by Crippen LogP contribution is 2.45. The molecule has 8 nitrogen and oxygen atoms in total. The number of fused-ring (bicyclic) bond motifs is 2. The molecule has 0 bridgehead atoms. The van der Waals surface area contributed by atoms with E-state index in [1.807, 2.05) is 18.4 Å². The molecule has 0 amide bonds. The van der Waals surface area contributed by atoms with Gasteiger partial charge in [0, 0.05) is 0 Å². The lowest BCUT2D eigenvalue weighted by Gasteiger charge is -2.37. The summed E-state index contributed by atoms with van der Waals surface area (Å²) in [7, 11) is -1.92. The summed E-state index contributed by atoms with van der Waals surface area (Å²) in [4.78, 5) is 13.2. The summed E-state index contributed by atoms with van der Waals surface area (Å²) in [5.41, 5.74) is 2.06. The molecule has 2 aromatic heterocycles. The first-order valence-electron chi connectivity index (χ1n) is 10.4. The predicted octanol–water partition coefficient (Wildman–Crippen LogP) is 3.91. The van der Waals surface area contributed by atoms with E-state index in [0.29, 0.717) is 23.5 Å². The fraction of sp³-hybridized carbons (Fsp3) is 0.667. The Morgan fingerprint density at radius 3 is 2.57 bits per heavy atom. The smallest absolute Gasteiger partial charge is 0.192 e. The second-order valence-corrected chi connectivity index (χ2v) is 14.8. The van der Waals surface area contributed by atoms with Gasteiger partial charge in [-0.05, 0) is 38.1 Å². The van der Waals surface area contributed by atoms with Crippen LogP contribution in [-0.4, -0.2) is 58.5 Å². The SMILES string of the molecule is C=Cc1ncnc2c1ncn2[C@@H]1O[C@H](CO[Si](C)(C)C(C)(C)C)[C@H]2OC(C)(C)O[C@H]21. The minimum absolute atomic E-state index is 0.120. The molecule has 2 aliphatic heterocycles. The Balaban J connectivity index is 1.63. The average Bonchev–Trinajstić information content (AvgIpc) is 3.29. The standard InChI is InChI=1S/C21H32N4O4Si/c1-9-13-15-18(23-11-22-13)25(12-24-15)19-17-16(28-21(5,6)29-17)14(27-19)10-26-30(7,8)20(2,3)4/h9,11-12,14,16-17,19H,1,10H2,2-8H3/t14-,16-,17-,19-/m1/s1. The van der Waals surface area contributed by atoms with Crippen LogP contribution in [-0.2, 0) is 18.6 Å². The highest BCUT2D eigenvalue weighted by atomic mass is 28.4. The fourth-order valence-electron chi connectivity index (χ4n) is 3.73. The molecule has 0 unspecified atom stereocenters. The van der Waals surface area contributed by atoms with Crippen LogP contribution in [0.2, 0.25) is 18.1 Å². The van der Waals surface area contributed by atoms with Crippen molar-refractivity contribution in [2.45, 2.75) is 83.1 Å². The summed E-state index contributed by atoms with van der Waals surface area (Å²) < 4.78 is 27.3. The van der Waals surface area contributed by atoms with Gasteiger partial charge in [0.2, 0.25) is 0 Å². The third kappa shape index (κ3) is 3.62. The van der Waals surface area contributed by atoms with Crippen molar-refractivity contribution >= 4 is 25.6 Å². The molecule has 30 heavy (non-hydrogen) atoms. The van der Waals surface area contributed by atoms with Crippen LogP contribution in [0.3, 0.4) is 0 Å². The van der Waals surface area contributed by atoms with Crippen molar-refractivity contribution < 1.29 is 18.6 Å². The molecule has 2 aromatic rings. The van der Waals surface area contributed by atoms with Crippen molar-refractivity contribution in [1.82, 2.24) is 19.5 Å².